The molecular formula is C17H26ClN3. The topological polar surface area (TPSA) is 18.5 Å². The van der Waals surface area contributed by atoms with Crippen LogP contribution in [0.1, 0.15) is 19.3 Å². The van der Waals surface area contributed by atoms with Gasteiger partial charge in [0.2, 0.25) is 0 Å². The van der Waals surface area contributed by atoms with Crippen molar-refractivity contribution >= 4 is 17.3 Å². The molecule has 1 aromatic carbocycles. The number of anilines is 1. The monoisotopic (exact) mass is 307 g/mol. The number of benzene rings is 1. The maximum atomic E-state index is 6.17. The molecule has 4 heteroatoms. The third-order valence-corrected chi connectivity index (χ3v) is 5.38. The Morgan fingerprint density at radius 3 is 2.95 bits per heavy atom. The molecule has 0 aromatic heterocycles. The third kappa shape index (κ3) is 3.71. The lowest BCUT2D eigenvalue weighted by Crippen LogP contribution is -2.53. The van der Waals surface area contributed by atoms with Gasteiger partial charge in [0, 0.05) is 25.7 Å². The van der Waals surface area contributed by atoms with E-state index in [4.69, 9.17) is 11.6 Å². The van der Waals surface area contributed by atoms with E-state index in [9.17, 15) is 0 Å². The Kier molecular flexibility index (Phi) is 5.04. The Labute approximate surface area is 133 Å². The maximum Gasteiger partial charge on any atom is 0.0637 e. The number of hydrogen-bond donors (Lipinski definition) is 1. The van der Waals surface area contributed by atoms with Gasteiger partial charge in [-0.2, -0.15) is 0 Å². The molecule has 3 nitrogen and oxygen atoms in total. The van der Waals surface area contributed by atoms with Gasteiger partial charge >= 0.3 is 0 Å². The fourth-order valence-corrected chi connectivity index (χ4v) is 4.09. The van der Waals surface area contributed by atoms with Crippen molar-refractivity contribution in [3.8, 4) is 0 Å². The molecule has 0 saturated carbocycles. The van der Waals surface area contributed by atoms with Crippen molar-refractivity contribution in [1.82, 2.24) is 9.80 Å². The summed E-state index contributed by atoms with van der Waals surface area (Å²) in [5.74, 6) is 0.873. The van der Waals surface area contributed by atoms with Crippen LogP contribution in [0.2, 0.25) is 5.02 Å². The van der Waals surface area contributed by atoms with Crippen LogP contribution < -0.4 is 5.32 Å². The van der Waals surface area contributed by atoms with Crippen LogP contribution >= 0.6 is 11.6 Å². The number of rotatable bonds is 4. The summed E-state index contributed by atoms with van der Waals surface area (Å²) in [5, 5.41) is 4.27. The number of para-hydroxylation sites is 1. The van der Waals surface area contributed by atoms with Crippen LogP contribution in [0.15, 0.2) is 24.3 Å². The zero-order valence-electron chi connectivity index (χ0n) is 12.9. The van der Waals surface area contributed by atoms with E-state index in [-0.39, 0.29) is 0 Å². The first-order valence-corrected chi connectivity index (χ1v) is 8.53. The van der Waals surface area contributed by atoms with Crippen molar-refractivity contribution in [2.24, 2.45) is 5.92 Å². The summed E-state index contributed by atoms with van der Waals surface area (Å²) in [6.45, 7) is 5.86. The summed E-state index contributed by atoms with van der Waals surface area (Å²) in [7, 11) is 2.30. The van der Waals surface area contributed by atoms with Crippen molar-refractivity contribution < 1.29 is 0 Å². The average molecular weight is 308 g/mol. The third-order valence-electron chi connectivity index (χ3n) is 5.05. The average Bonchev–Trinajstić information content (AvgIpc) is 2.49. The highest BCUT2D eigenvalue weighted by Gasteiger charge is 2.33. The van der Waals surface area contributed by atoms with Gasteiger partial charge in [-0.1, -0.05) is 23.7 Å². The van der Waals surface area contributed by atoms with Gasteiger partial charge < -0.3 is 15.1 Å². The Morgan fingerprint density at radius 2 is 2.10 bits per heavy atom. The standard InChI is InChI=1S/C17H26ClN3/c1-20-10-4-5-14-13-21(11-8-17(14)20)12-9-19-16-7-3-2-6-15(16)18/h2-3,6-7,14,17,19H,4-5,8-13H2,1H3. The van der Waals surface area contributed by atoms with Gasteiger partial charge in [-0.05, 0) is 57.5 Å². The van der Waals surface area contributed by atoms with Gasteiger partial charge in [0.05, 0.1) is 10.7 Å². The van der Waals surface area contributed by atoms with Gasteiger partial charge in [0.25, 0.3) is 0 Å². The first-order chi connectivity index (χ1) is 10.2. The second kappa shape index (κ2) is 6.99. The molecular weight excluding hydrogens is 282 g/mol. The highest BCUT2D eigenvalue weighted by molar-refractivity contribution is 6.33. The van der Waals surface area contributed by atoms with Gasteiger partial charge in [0.15, 0.2) is 0 Å². The molecule has 0 aliphatic carbocycles. The van der Waals surface area contributed by atoms with Crippen LogP contribution in [0, 0.1) is 5.92 Å². The fraction of sp³-hybridized carbons (Fsp3) is 0.647. The molecule has 0 bridgehead atoms. The van der Waals surface area contributed by atoms with Crippen molar-refractivity contribution in [2.45, 2.75) is 25.3 Å². The lowest BCUT2D eigenvalue weighted by atomic mass is 9.84. The molecule has 2 fully saturated rings. The van der Waals surface area contributed by atoms with E-state index in [0.717, 1.165) is 35.8 Å². The Morgan fingerprint density at radius 1 is 1.24 bits per heavy atom. The van der Waals surface area contributed by atoms with Crippen LogP contribution in [0.3, 0.4) is 0 Å². The molecule has 1 aromatic rings. The minimum atomic E-state index is 0.810. The van der Waals surface area contributed by atoms with Crippen LogP contribution in [0.25, 0.3) is 0 Å². The number of hydrogen-bond acceptors (Lipinski definition) is 3. The number of piperidine rings is 2. The molecule has 0 amide bonds. The second-order valence-electron chi connectivity index (χ2n) is 6.45. The molecule has 2 atom stereocenters. The molecule has 21 heavy (non-hydrogen) atoms. The van der Waals surface area contributed by atoms with E-state index < -0.39 is 0 Å². The van der Waals surface area contributed by atoms with Gasteiger partial charge in [-0.15, -0.1) is 0 Å². The highest BCUT2D eigenvalue weighted by atomic mass is 35.5. The number of halogens is 1. The fourth-order valence-electron chi connectivity index (χ4n) is 3.88. The molecule has 2 aliphatic rings. The zero-order chi connectivity index (χ0) is 14.7. The van der Waals surface area contributed by atoms with E-state index in [1.54, 1.807) is 0 Å². The Bertz CT molecular complexity index is 465. The molecule has 2 unspecified atom stereocenters. The van der Waals surface area contributed by atoms with Crippen LogP contribution in [0.4, 0.5) is 5.69 Å². The number of nitrogens with zero attached hydrogens (tertiary/aromatic N) is 2. The lowest BCUT2D eigenvalue weighted by molar-refractivity contribution is 0.0403. The molecule has 3 rings (SSSR count). The summed E-state index contributed by atoms with van der Waals surface area (Å²) in [6.07, 6.45) is 4.10. The van der Waals surface area contributed by atoms with Gasteiger partial charge in [-0.25, -0.2) is 0 Å². The normalized spacial score (nSPS) is 27.3. The first-order valence-electron chi connectivity index (χ1n) is 8.15. The molecule has 1 N–H and O–H groups in total. The largest absolute Gasteiger partial charge is 0.383 e. The number of nitrogens with one attached hydrogen (secondary N) is 1. The molecule has 2 aliphatic heterocycles. The summed E-state index contributed by atoms with van der Waals surface area (Å²) in [6, 6.07) is 8.80. The molecule has 0 radical (unpaired) electrons. The van der Waals surface area contributed by atoms with Crippen molar-refractivity contribution in [3.63, 3.8) is 0 Å². The number of fused-ring (bicyclic) bond motifs is 1. The number of likely N-dealkylation sites (tertiary alicyclic amines) is 2. The minimum Gasteiger partial charge on any atom is -0.383 e. The maximum absolute atomic E-state index is 6.17. The van der Waals surface area contributed by atoms with Crippen molar-refractivity contribution in [2.75, 3.05) is 45.1 Å². The zero-order valence-corrected chi connectivity index (χ0v) is 13.6. The van der Waals surface area contributed by atoms with E-state index in [2.05, 4.69) is 22.2 Å². The van der Waals surface area contributed by atoms with Gasteiger partial charge in [-0.3, -0.25) is 0 Å². The predicted molar refractivity (Wildman–Crippen MR) is 90.1 cm³/mol. The second-order valence-corrected chi connectivity index (χ2v) is 6.85. The van der Waals surface area contributed by atoms with Crippen LogP contribution in [-0.2, 0) is 0 Å². The van der Waals surface area contributed by atoms with Gasteiger partial charge in [0.1, 0.15) is 0 Å². The van der Waals surface area contributed by atoms with E-state index >= 15 is 0 Å². The van der Waals surface area contributed by atoms with Crippen LogP contribution in [-0.4, -0.2) is 55.6 Å². The predicted octanol–water partition coefficient (Wildman–Crippen LogP) is 3.17. The summed E-state index contributed by atoms with van der Waals surface area (Å²) < 4.78 is 0. The molecule has 2 saturated heterocycles. The van der Waals surface area contributed by atoms with E-state index in [1.807, 2.05) is 24.3 Å². The van der Waals surface area contributed by atoms with Crippen LogP contribution in [0.5, 0.6) is 0 Å². The molecule has 2 heterocycles. The molecule has 116 valence electrons. The Balaban J connectivity index is 1.45. The van der Waals surface area contributed by atoms with Crippen molar-refractivity contribution in [1.29, 1.82) is 0 Å². The SMILES string of the molecule is CN1CCCC2CN(CCNc3ccccc3Cl)CCC21. The van der Waals surface area contributed by atoms with E-state index in [0.29, 0.717) is 0 Å². The highest BCUT2D eigenvalue weighted by Crippen LogP contribution is 2.29. The molecule has 0 spiro atoms. The summed E-state index contributed by atoms with van der Waals surface area (Å²) >= 11 is 6.17. The summed E-state index contributed by atoms with van der Waals surface area (Å²) in [4.78, 5) is 5.19. The van der Waals surface area contributed by atoms with Crippen molar-refractivity contribution in [3.05, 3.63) is 29.3 Å². The minimum absolute atomic E-state index is 0.810. The Hall–Kier alpha value is -0.770. The van der Waals surface area contributed by atoms with E-state index in [1.165, 1.54) is 38.9 Å². The first kappa shape index (κ1) is 15.1. The quantitative estimate of drug-likeness (QED) is 0.922. The lowest BCUT2D eigenvalue weighted by Gasteiger charge is -2.46. The summed E-state index contributed by atoms with van der Waals surface area (Å²) in [5.41, 5.74) is 1.05. The smallest absolute Gasteiger partial charge is 0.0637 e.